The molecular formula is C14H13Br2N3O2. The first-order valence-electron chi connectivity index (χ1n) is 5.76. The van der Waals surface area contributed by atoms with Crippen LogP contribution in [-0.2, 0) is 0 Å². The summed E-state index contributed by atoms with van der Waals surface area (Å²) in [5, 5.41) is 16.9. The van der Waals surface area contributed by atoms with Gasteiger partial charge >= 0.3 is 0 Å². The number of phenolic OH excluding ortho intramolecular Hbond substituents is 1. The molecular weight excluding hydrogens is 402 g/mol. The number of nitrogens with zero attached hydrogens (tertiary/aromatic N) is 1. The van der Waals surface area contributed by atoms with Gasteiger partial charge in [-0.3, -0.25) is 9.78 Å². The summed E-state index contributed by atoms with van der Waals surface area (Å²) >= 11 is 6.47. The van der Waals surface area contributed by atoms with Crippen LogP contribution in [0.2, 0.25) is 0 Å². The summed E-state index contributed by atoms with van der Waals surface area (Å²) in [6.07, 6.45) is 3.02. The number of nitrogens with one attached hydrogen (secondary N) is 1. The van der Waals surface area contributed by atoms with E-state index in [9.17, 15) is 9.90 Å². The number of carbonyl (C=O) groups is 1. The first-order chi connectivity index (χ1) is 9.82. The Labute approximate surface area is 139 Å². The molecule has 1 heterocycles. The van der Waals surface area contributed by atoms with Crippen molar-refractivity contribution in [3.05, 3.63) is 56.7 Å². The highest BCUT2D eigenvalue weighted by Gasteiger charge is 2.08. The molecule has 5 nitrogen and oxygen atoms in total. The van der Waals surface area contributed by atoms with Crippen LogP contribution in [0.4, 0.5) is 0 Å². The topological polar surface area (TPSA) is 100 Å². The second kappa shape index (κ2) is 7.90. The van der Waals surface area contributed by atoms with Gasteiger partial charge in [-0.1, -0.05) is 15.9 Å². The number of phenols is 1. The van der Waals surface area contributed by atoms with Crippen LogP contribution in [-0.4, -0.2) is 21.7 Å². The molecule has 0 atom stereocenters. The molecule has 1 amide bonds. The molecule has 2 rings (SSSR count). The predicted molar refractivity (Wildman–Crippen MR) is 88.8 cm³/mol. The number of hydrogen-bond donors (Lipinski definition) is 3. The third-order valence-electron chi connectivity index (χ3n) is 2.38. The van der Waals surface area contributed by atoms with Crippen LogP contribution in [0.3, 0.4) is 0 Å². The Bertz CT molecular complexity index is 661. The van der Waals surface area contributed by atoms with Gasteiger partial charge in [0.2, 0.25) is 5.91 Å². The molecule has 0 saturated carbocycles. The molecule has 21 heavy (non-hydrogen) atoms. The highest BCUT2D eigenvalue weighted by molar-refractivity contribution is 9.11. The van der Waals surface area contributed by atoms with E-state index in [0.717, 1.165) is 4.47 Å². The molecule has 0 spiro atoms. The van der Waals surface area contributed by atoms with Crippen LogP contribution in [0.25, 0.3) is 0 Å². The largest absolute Gasteiger partial charge is 0.506 e. The summed E-state index contributed by atoms with van der Waals surface area (Å²) in [4.78, 5) is 14.1. The maximum Gasteiger partial charge on any atom is 0.250 e. The number of carbonyl (C=O) groups excluding carboxylic acids is 1. The van der Waals surface area contributed by atoms with Gasteiger partial charge in [0.25, 0.3) is 0 Å². The number of aromatic hydroxyl groups is 1. The van der Waals surface area contributed by atoms with Gasteiger partial charge in [-0.25, -0.2) is 0 Å². The smallest absolute Gasteiger partial charge is 0.250 e. The molecule has 0 aliphatic heterocycles. The Morgan fingerprint density at radius 3 is 2.48 bits per heavy atom. The average molecular weight is 415 g/mol. The molecule has 7 heteroatoms. The maximum absolute atomic E-state index is 10.4. The summed E-state index contributed by atoms with van der Waals surface area (Å²) in [6.45, 7) is 1.63. The van der Waals surface area contributed by atoms with Gasteiger partial charge in [-0.05, 0) is 47.1 Å². The molecule has 0 unspecified atom stereocenters. The van der Waals surface area contributed by atoms with E-state index in [1.54, 1.807) is 37.4 Å². The zero-order valence-corrected chi connectivity index (χ0v) is 14.3. The number of hydrogen-bond acceptors (Lipinski definition) is 4. The zero-order valence-electron chi connectivity index (χ0n) is 11.1. The third kappa shape index (κ3) is 5.28. The lowest BCUT2D eigenvalue weighted by molar-refractivity contribution is 0.1000. The Balaban J connectivity index is 0.000000219. The average Bonchev–Trinajstić information content (AvgIpc) is 2.44. The number of halogens is 2. The van der Waals surface area contributed by atoms with Crippen molar-refractivity contribution in [2.24, 2.45) is 5.73 Å². The minimum Gasteiger partial charge on any atom is -0.506 e. The zero-order chi connectivity index (χ0) is 16.0. The molecule has 0 bridgehead atoms. The summed E-state index contributed by atoms with van der Waals surface area (Å²) in [6, 6.07) is 6.74. The summed E-state index contributed by atoms with van der Waals surface area (Å²) < 4.78 is 1.44. The molecule has 0 fully saturated rings. The van der Waals surface area contributed by atoms with Crippen molar-refractivity contribution in [3.63, 3.8) is 0 Å². The van der Waals surface area contributed by atoms with Crippen molar-refractivity contribution in [1.29, 1.82) is 5.41 Å². The van der Waals surface area contributed by atoms with Crippen molar-refractivity contribution >= 4 is 43.5 Å². The predicted octanol–water partition coefficient (Wildman–Crippen LogP) is 3.49. The van der Waals surface area contributed by atoms with E-state index in [-0.39, 0.29) is 5.75 Å². The second-order valence-corrected chi connectivity index (χ2v) is 5.78. The molecule has 0 radical (unpaired) electrons. The number of primary amides is 1. The van der Waals surface area contributed by atoms with Gasteiger partial charge < -0.3 is 16.2 Å². The highest BCUT2D eigenvalue weighted by atomic mass is 79.9. The third-order valence-corrected chi connectivity index (χ3v) is 3.44. The van der Waals surface area contributed by atoms with Gasteiger partial charge in [0, 0.05) is 28.1 Å². The van der Waals surface area contributed by atoms with Crippen LogP contribution in [0.1, 0.15) is 22.8 Å². The molecule has 0 aliphatic rings. The van der Waals surface area contributed by atoms with Gasteiger partial charge in [-0.2, -0.15) is 0 Å². The van der Waals surface area contributed by atoms with Crippen molar-refractivity contribution in [2.45, 2.75) is 6.92 Å². The van der Waals surface area contributed by atoms with E-state index in [2.05, 4.69) is 36.8 Å². The molecule has 110 valence electrons. The van der Waals surface area contributed by atoms with E-state index >= 15 is 0 Å². The fraction of sp³-hybridized carbons (Fsp3) is 0.0714. The van der Waals surface area contributed by atoms with Crippen molar-refractivity contribution in [2.75, 3.05) is 0 Å². The standard InChI is InChI=1S/C8H7Br2NO.C6H6N2O/c1-4(11)6-2-5(9)3-7(10)8(6)12;7-6(9)5-2-1-3-8-4-5/h2-3,11-12H,1H3;1-4H,(H2,7,9). The van der Waals surface area contributed by atoms with Crippen molar-refractivity contribution in [3.8, 4) is 5.75 Å². The number of pyridine rings is 1. The Hall–Kier alpha value is -1.73. The van der Waals surface area contributed by atoms with E-state index in [1.807, 2.05) is 0 Å². The Morgan fingerprint density at radius 2 is 2.05 bits per heavy atom. The number of nitrogens with two attached hydrogens (primary N) is 1. The lowest BCUT2D eigenvalue weighted by Gasteiger charge is -2.04. The second-order valence-electron chi connectivity index (χ2n) is 4.01. The minimum absolute atomic E-state index is 0.116. The van der Waals surface area contributed by atoms with E-state index in [0.29, 0.717) is 21.3 Å². The van der Waals surface area contributed by atoms with E-state index in [1.165, 1.54) is 6.20 Å². The lowest BCUT2D eigenvalue weighted by atomic mass is 10.1. The molecule has 0 aliphatic carbocycles. The number of benzene rings is 1. The maximum atomic E-state index is 10.4. The fourth-order valence-corrected chi connectivity index (χ4v) is 2.59. The van der Waals surface area contributed by atoms with Gasteiger partial charge in [0.15, 0.2) is 0 Å². The Morgan fingerprint density at radius 1 is 1.38 bits per heavy atom. The molecule has 0 saturated heterocycles. The van der Waals surface area contributed by atoms with Gasteiger partial charge in [0.05, 0.1) is 10.0 Å². The quantitative estimate of drug-likeness (QED) is 0.655. The van der Waals surface area contributed by atoms with Crippen molar-refractivity contribution in [1.82, 2.24) is 4.98 Å². The molecule has 2 aromatic rings. The molecule has 1 aromatic carbocycles. The number of amides is 1. The first-order valence-corrected chi connectivity index (χ1v) is 7.35. The lowest BCUT2D eigenvalue weighted by Crippen LogP contribution is -2.10. The highest BCUT2D eigenvalue weighted by Crippen LogP contribution is 2.31. The Kier molecular flexibility index (Phi) is 6.51. The summed E-state index contributed by atoms with van der Waals surface area (Å²) in [5.41, 5.74) is 6.26. The van der Waals surface area contributed by atoms with Gasteiger partial charge in [0.1, 0.15) is 5.75 Å². The summed E-state index contributed by atoms with van der Waals surface area (Å²) in [5.74, 6) is -0.325. The molecule has 4 N–H and O–H groups in total. The first kappa shape index (κ1) is 17.3. The van der Waals surface area contributed by atoms with Crippen LogP contribution in [0.15, 0.2) is 45.6 Å². The fourth-order valence-electron chi connectivity index (χ4n) is 1.36. The van der Waals surface area contributed by atoms with Crippen molar-refractivity contribution < 1.29 is 9.90 Å². The van der Waals surface area contributed by atoms with Gasteiger partial charge in [-0.15, -0.1) is 0 Å². The minimum atomic E-state index is -0.442. The SMILES string of the molecule is CC(=N)c1cc(Br)cc(Br)c1O.NC(=O)c1cccnc1. The van der Waals surface area contributed by atoms with Crippen LogP contribution >= 0.6 is 31.9 Å². The normalized spacial score (nSPS) is 9.48. The number of rotatable bonds is 2. The summed E-state index contributed by atoms with van der Waals surface area (Å²) in [7, 11) is 0. The monoisotopic (exact) mass is 413 g/mol. The van der Waals surface area contributed by atoms with Crippen LogP contribution < -0.4 is 5.73 Å². The van der Waals surface area contributed by atoms with E-state index < -0.39 is 5.91 Å². The number of aromatic nitrogens is 1. The molecule has 1 aromatic heterocycles. The van der Waals surface area contributed by atoms with Crippen LogP contribution in [0.5, 0.6) is 5.75 Å². The van der Waals surface area contributed by atoms with Crippen LogP contribution in [0, 0.1) is 5.41 Å². The van der Waals surface area contributed by atoms with E-state index in [4.69, 9.17) is 11.1 Å².